The molecule has 1 aliphatic carbocycles. The largest absolute Gasteiger partial charge is 0.325 e. The number of hydrogen-bond donors (Lipinski definition) is 1. The molecule has 3 rings (SSSR count). The van der Waals surface area contributed by atoms with Crippen LogP contribution in [-0.2, 0) is 24.2 Å². The molecule has 1 amide bonds. The molecular formula is C16H19N3O. The molecule has 0 bridgehead atoms. The number of aromatic nitrogens is 2. The second kappa shape index (κ2) is 5.49. The lowest BCUT2D eigenvalue weighted by molar-refractivity contribution is -0.116. The topological polar surface area (TPSA) is 46.9 Å². The fourth-order valence-corrected chi connectivity index (χ4v) is 2.66. The summed E-state index contributed by atoms with van der Waals surface area (Å²) in [7, 11) is 0. The Bertz CT molecular complexity index is 613. The minimum Gasteiger partial charge on any atom is -0.325 e. The SMILES string of the molecule is Cc1ccc(NC(=O)Cn2cnc3c2CCCC3)cc1. The number of nitrogens with zero attached hydrogens (tertiary/aromatic N) is 2. The van der Waals surface area contributed by atoms with E-state index in [0.29, 0.717) is 6.54 Å². The smallest absolute Gasteiger partial charge is 0.244 e. The first-order valence-corrected chi connectivity index (χ1v) is 7.12. The van der Waals surface area contributed by atoms with Crippen molar-refractivity contribution >= 4 is 11.6 Å². The fourth-order valence-electron chi connectivity index (χ4n) is 2.66. The molecule has 1 heterocycles. The van der Waals surface area contributed by atoms with Crippen molar-refractivity contribution < 1.29 is 4.79 Å². The van der Waals surface area contributed by atoms with Crippen molar-refractivity contribution in [2.45, 2.75) is 39.2 Å². The van der Waals surface area contributed by atoms with E-state index in [4.69, 9.17) is 0 Å². The van der Waals surface area contributed by atoms with Crippen LogP contribution in [0.4, 0.5) is 5.69 Å². The molecule has 4 heteroatoms. The Balaban J connectivity index is 1.67. The van der Waals surface area contributed by atoms with Crippen molar-refractivity contribution in [2.75, 3.05) is 5.32 Å². The molecular weight excluding hydrogens is 250 g/mol. The molecule has 1 aromatic carbocycles. The van der Waals surface area contributed by atoms with Gasteiger partial charge in [-0.05, 0) is 44.7 Å². The van der Waals surface area contributed by atoms with Crippen molar-refractivity contribution in [1.82, 2.24) is 9.55 Å². The standard InChI is InChI=1S/C16H19N3O/c1-12-6-8-13(9-7-12)18-16(20)10-19-11-17-14-4-2-3-5-15(14)19/h6-9,11H,2-5,10H2,1H3,(H,18,20). The summed E-state index contributed by atoms with van der Waals surface area (Å²) < 4.78 is 1.98. The van der Waals surface area contributed by atoms with Crippen LogP contribution in [0, 0.1) is 6.92 Å². The predicted octanol–water partition coefficient (Wildman–Crippen LogP) is 2.71. The van der Waals surface area contributed by atoms with Gasteiger partial charge < -0.3 is 9.88 Å². The summed E-state index contributed by atoms with van der Waals surface area (Å²) in [6, 6.07) is 7.84. The number of fused-ring (bicyclic) bond motifs is 1. The molecule has 0 saturated carbocycles. The third-order valence-corrected chi connectivity index (χ3v) is 3.76. The lowest BCUT2D eigenvalue weighted by Crippen LogP contribution is -2.20. The van der Waals surface area contributed by atoms with Gasteiger partial charge in [-0.3, -0.25) is 4.79 Å². The quantitative estimate of drug-likeness (QED) is 0.931. The zero-order valence-corrected chi connectivity index (χ0v) is 11.7. The van der Waals surface area contributed by atoms with Crippen LogP contribution in [0.15, 0.2) is 30.6 Å². The van der Waals surface area contributed by atoms with E-state index < -0.39 is 0 Å². The van der Waals surface area contributed by atoms with Crippen molar-refractivity contribution in [2.24, 2.45) is 0 Å². The van der Waals surface area contributed by atoms with Gasteiger partial charge in [-0.2, -0.15) is 0 Å². The Labute approximate surface area is 118 Å². The van der Waals surface area contributed by atoms with E-state index >= 15 is 0 Å². The van der Waals surface area contributed by atoms with E-state index in [2.05, 4.69) is 10.3 Å². The highest BCUT2D eigenvalue weighted by atomic mass is 16.1. The summed E-state index contributed by atoms with van der Waals surface area (Å²) in [6.45, 7) is 2.37. The molecule has 1 aromatic heterocycles. The normalized spacial score (nSPS) is 13.8. The number of hydrogen-bond acceptors (Lipinski definition) is 2. The van der Waals surface area contributed by atoms with Crippen LogP contribution < -0.4 is 5.32 Å². The molecule has 4 nitrogen and oxygen atoms in total. The molecule has 0 unspecified atom stereocenters. The van der Waals surface area contributed by atoms with Gasteiger partial charge in [0, 0.05) is 11.4 Å². The summed E-state index contributed by atoms with van der Waals surface area (Å²) in [5, 5.41) is 2.93. The maximum Gasteiger partial charge on any atom is 0.244 e. The number of aryl methyl sites for hydroxylation is 2. The minimum absolute atomic E-state index is 0.000346. The third-order valence-electron chi connectivity index (χ3n) is 3.76. The maximum atomic E-state index is 12.1. The second-order valence-corrected chi connectivity index (χ2v) is 5.39. The Morgan fingerprint density at radius 2 is 2.00 bits per heavy atom. The summed E-state index contributed by atoms with van der Waals surface area (Å²) >= 11 is 0. The first-order chi connectivity index (χ1) is 9.72. The molecule has 0 aliphatic heterocycles. The van der Waals surface area contributed by atoms with E-state index in [1.54, 1.807) is 6.33 Å². The van der Waals surface area contributed by atoms with Gasteiger partial charge in [-0.1, -0.05) is 17.7 Å². The molecule has 0 atom stereocenters. The van der Waals surface area contributed by atoms with E-state index in [9.17, 15) is 4.79 Å². The lowest BCUT2D eigenvalue weighted by Gasteiger charge is -2.14. The van der Waals surface area contributed by atoms with Gasteiger partial charge in [0.15, 0.2) is 0 Å². The van der Waals surface area contributed by atoms with Crippen LogP contribution in [0.5, 0.6) is 0 Å². The van der Waals surface area contributed by atoms with E-state index in [0.717, 1.165) is 18.5 Å². The first-order valence-electron chi connectivity index (χ1n) is 7.12. The summed E-state index contributed by atoms with van der Waals surface area (Å²) in [6.07, 6.45) is 6.28. The number of nitrogens with one attached hydrogen (secondary N) is 1. The Morgan fingerprint density at radius 3 is 2.80 bits per heavy atom. The number of anilines is 1. The van der Waals surface area contributed by atoms with Gasteiger partial charge in [0.25, 0.3) is 0 Å². The molecule has 0 saturated heterocycles. The zero-order chi connectivity index (χ0) is 13.9. The van der Waals surface area contributed by atoms with Crippen molar-refractivity contribution in [1.29, 1.82) is 0 Å². The van der Waals surface area contributed by atoms with E-state index in [1.165, 1.54) is 29.8 Å². The number of carbonyl (C=O) groups is 1. The van der Waals surface area contributed by atoms with Crippen LogP contribution >= 0.6 is 0 Å². The highest BCUT2D eigenvalue weighted by Crippen LogP contribution is 2.19. The van der Waals surface area contributed by atoms with Crippen LogP contribution in [0.1, 0.15) is 29.8 Å². The number of rotatable bonds is 3. The maximum absolute atomic E-state index is 12.1. The van der Waals surface area contributed by atoms with Gasteiger partial charge in [-0.15, -0.1) is 0 Å². The molecule has 20 heavy (non-hydrogen) atoms. The van der Waals surface area contributed by atoms with Crippen molar-refractivity contribution in [3.05, 3.63) is 47.5 Å². The van der Waals surface area contributed by atoms with Gasteiger partial charge in [0.05, 0.1) is 12.0 Å². The van der Waals surface area contributed by atoms with E-state index in [-0.39, 0.29) is 5.91 Å². The fraction of sp³-hybridized carbons (Fsp3) is 0.375. The molecule has 1 N–H and O–H groups in total. The predicted molar refractivity (Wildman–Crippen MR) is 78.7 cm³/mol. The molecule has 1 aliphatic rings. The van der Waals surface area contributed by atoms with Gasteiger partial charge in [0.1, 0.15) is 6.54 Å². The number of imidazole rings is 1. The lowest BCUT2D eigenvalue weighted by atomic mass is 10.0. The zero-order valence-electron chi connectivity index (χ0n) is 11.7. The third kappa shape index (κ3) is 2.74. The summed E-state index contributed by atoms with van der Waals surface area (Å²) in [5.41, 5.74) is 4.43. The highest BCUT2D eigenvalue weighted by molar-refractivity contribution is 5.90. The van der Waals surface area contributed by atoms with Crippen LogP contribution in [-0.4, -0.2) is 15.5 Å². The van der Waals surface area contributed by atoms with Crippen molar-refractivity contribution in [3.63, 3.8) is 0 Å². The minimum atomic E-state index is -0.000346. The van der Waals surface area contributed by atoms with Crippen LogP contribution in [0.25, 0.3) is 0 Å². The Morgan fingerprint density at radius 1 is 1.25 bits per heavy atom. The molecule has 0 radical (unpaired) electrons. The molecule has 0 spiro atoms. The molecule has 104 valence electrons. The second-order valence-electron chi connectivity index (χ2n) is 5.39. The highest BCUT2D eigenvalue weighted by Gasteiger charge is 2.16. The number of amides is 1. The Kier molecular flexibility index (Phi) is 3.54. The molecule has 0 fully saturated rings. The average molecular weight is 269 g/mol. The summed E-state index contributed by atoms with van der Waals surface area (Å²) in [5.74, 6) is -0.000346. The van der Waals surface area contributed by atoms with Gasteiger partial charge in [0.2, 0.25) is 5.91 Å². The number of carbonyl (C=O) groups excluding carboxylic acids is 1. The monoisotopic (exact) mass is 269 g/mol. The molecule has 2 aromatic rings. The van der Waals surface area contributed by atoms with Crippen LogP contribution in [0.3, 0.4) is 0 Å². The summed E-state index contributed by atoms with van der Waals surface area (Å²) in [4.78, 5) is 16.5. The Hall–Kier alpha value is -2.10. The van der Waals surface area contributed by atoms with Gasteiger partial charge in [-0.25, -0.2) is 4.98 Å². The van der Waals surface area contributed by atoms with Crippen LogP contribution in [0.2, 0.25) is 0 Å². The van der Waals surface area contributed by atoms with E-state index in [1.807, 2.05) is 35.8 Å². The number of benzene rings is 1. The van der Waals surface area contributed by atoms with Crippen molar-refractivity contribution in [3.8, 4) is 0 Å². The van der Waals surface area contributed by atoms with Gasteiger partial charge >= 0.3 is 0 Å². The average Bonchev–Trinajstić information content (AvgIpc) is 2.85. The first kappa shape index (κ1) is 12.9.